The smallest absolute Gasteiger partial charge is 0.334 e. The Morgan fingerprint density at radius 3 is 2.11 bits per heavy atom. The summed E-state index contributed by atoms with van der Waals surface area (Å²) in [6.07, 6.45) is 5.57. The quantitative estimate of drug-likeness (QED) is 0.424. The topological polar surface area (TPSA) is 70.5 Å². The lowest BCUT2D eigenvalue weighted by Crippen LogP contribution is -2.40. The Kier molecular flexibility index (Phi) is 11.0. The minimum atomic E-state index is -1.97. The Hall–Kier alpha value is 0.0569. The maximum absolute atomic E-state index is 6.14. The summed E-state index contributed by atoms with van der Waals surface area (Å²) in [5.41, 5.74) is 11.6. The molecule has 18 heavy (non-hydrogen) atoms. The highest BCUT2D eigenvalue weighted by Crippen LogP contribution is 2.18. The molecule has 0 aromatic carbocycles. The maximum Gasteiger partial charge on any atom is 0.334 e. The van der Waals surface area contributed by atoms with Gasteiger partial charge in [0.1, 0.15) is 0 Å². The van der Waals surface area contributed by atoms with Gasteiger partial charge < -0.3 is 20.3 Å². The van der Waals surface area contributed by atoms with E-state index in [4.69, 9.17) is 20.3 Å². The van der Waals surface area contributed by atoms with E-state index in [9.17, 15) is 0 Å². The van der Waals surface area contributed by atoms with Crippen molar-refractivity contribution >= 4 is 8.56 Å². The van der Waals surface area contributed by atoms with Gasteiger partial charge in [0.05, 0.1) is 0 Å². The first-order chi connectivity index (χ1) is 8.58. The lowest BCUT2D eigenvalue weighted by Gasteiger charge is -2.27. The predicted molar refractivity (Wildman–Crippen MR) is 79.8 cm³/mol. The van der Waals surface area contributed by atoms with E-state index in [2.05, 4.69) is 6.55 Å². The second-order valence-corrected chi connectivity index (χ2v) is 8.28. The van der Waals surface area contributed by atoms with Crippen LogP contribution in [-0.2, 0) is 8.85 Å². The SMILES string of the molecule is CCO[Si](C)(CCC(N)CCCCCN)OCC. The molecule has 0 spiro atoms. The van der Waals surface area contributed by atoms with Crippen LogP contribution in [0.15, 0.2) is 0 Å². The minimum absolute atomic E-state index is 0.274. The molecule has 0 aliphatic carbocycles. The maximum atomic E-state index is 6.14. The molecule has 0 aromatic rings. The molecule has 0 fully saturated rings. The van der Waals surface area contributed by atoms with Crippen molar-refractivity contribution in [3.05, 3.63) is 0 Å². The van der Waals surface area contributed by atoms with E-state index in [1.807, 2.05) is 13.8 Å². The van der Waals surface area contributed by atoms with Crippen molar-refractivity contribution in [2.45, 2.75) is 64.6 Å². The average molecular weight is 276 g/mol. The first kappa shape index (κ1) is 18.1. The third kappa shape index (κ3) is 9.05. The number of rotatable bonds is 12. The number of hydrogen-bond donors (Lipinski definition) is 2. The van der Waals surface area contributed by atoms with Crippen LogP contribution in [0.5, 0.6) is 0 Å². The zero-order valence-corrected chi connectivity index (χ0v) is 13.4. The summed E-state index contributed by atoms with van der Waals surface area (Å²) in [5.74, 6) is 0. The van der Waals surface area contributed by atoms with Crippen molar-refractivity contribution in [1.82, 2.24) is 0 Å². The molecule has 0 rings (SSSR count). The van der Waals surface area contributed by atoms with Gasteiger partial charge in [-0.3, -0.25) is 0 Å². The van der Waals surface area contributed by atoms with E-state index in [0.717, 1.165) is 45.1 Å². The molecule has 1 unspecified atom stereocenters. The molecule has 0 saturated heterocycles. The van der Waals surface area contributed by atoms with Crippen LogP contribution >= 0.6 is 0 Å². The molecule has 0 bridgehead atoms. The summed E-state index contributed by atoms with van der Waals surface area (Å²) in [6.45, 7) is 8.44. The van der Waals surface area contributed by atoms with Crippen LogP contribution in [0.3, 0.4) is 0 Å². The van der Waals surface area contributed by atoms with E-state index < -0.39 is 8.56 Å². The molecule has 5 heteroatoms. The summed E-state index contributed by atoms with van der Waals surface area (Å²) in [7, 11) is -1.97. The van der Waals surface area contributed by atoms with Gasteiger partial charge in [-0.15, -0.1) is 0 Å². The Morgan fingerprint density at radius 1 is 1.00 bits per heavy atom. The first-order valence-corrected chi connectivity index (χ1v) is 9.84. The van der Waals surface area contributed by atoms with Gasteiger partial charge in [-0.2, -0.15) is 0 Å². The molecule has 4 N–H and O–H groups in total. The van der Waals surface area contributed by atoms with Crippen LogP contribution in [-0.4, -0.2) is 34.4 Å². The standard InChI is InChI=1S/C13H32N2O2Si/c1-4-16-18(3,17-5-2)12-10-13(15)9-7-6-8-11-14/h13H,4-12,14-15H2,1-3H3. The molecule has 0 aliphatic rings. The highest BCUT2D eigenvalue weighted by molar-refractivity contribution is 6.66. The van der Waals surface area contributed by atoms with Crippen molar-refractivity contribution in [3.8, 4) is 0 Å². The molecule has 1 atom stereocenters. The summed E-state index contributed by atoms with van der Waals surface area (Å²) >= 11 is 0. The number of unbranched alkanes of at least 4 members (excludes halogenated alkanes) is 2. The van der Waals surface area contributed by atoms with E-state index in [-0.39, 0.29) is 6.04 Å². The lowest BCUT2D eigenvalue weighted by molar-refractivity contribution is 0.187. The van der Waals surface area contributed by atoms with Crippen molar-refractivity contribution in [2.75, 3.05) is 19.8 Å². The normalized spacial score (nSPS) is 13.8. The van der Waals surface area contributed by atoms with E-state index in [1.165, 1.54) is 12.8 Å². The van der Waals surface area contributed by atoms with Gasteiger partial charge in [-0.1, -0.05) is 12.8 Å². The van der Waals surface area contributed by atoms with Crippen molar-refractivity contribution in [3.63, 3.8) is 0 Å². The fraction of sp³-hybridized carbons (Fsp3) is 1.00. The molecule has 0 amide bonds. The average Bonchev–Trinajstić information content (AvgIpc) is 2.33. The third-order valence-electron chi connectivity index (χ3n) is 3.15. The van der Waals surface area contributed by atoms with E-state index >= 15 is 0 Å². The van der Waals surface area contributed by atoms with E-state index in [0.29, 0.717) is 0 Å². The van der Waals surface area contributed by atoms with Gasteiger partial charge in [-0.05, 0) is 52.2 Å². The summed E-state index contributed by atoms with van der Waals surface area (Å²) in [6, 6.07) is 1.27. The zero-order chi connectivity index (χ0) is 13.9. The molecular formula is C13H32N2O2Si. The monoisotopic (exact) mass is 276 g/mol. The van der Waals surface area contributed by atoms with E-state index in [1.54, 1.807) is 0 Å². The van der Waals surface area contributed by atoms with Crippen LogP contribution in [0.4, 0.5) is 0 Å². The van der Waals surface area contributed by atoms with Crippen LogP contribution < -0.4 is 11.5 Å². The molecule has 110 valence electrons. The van der Waals surface area contributed by atoms with Crippen molar-refractivity contribution in [2.24, 2.45) is 11.5 Å². The van der Waals surface area contributed by atoms with Gasteiger partial charge in [0.2, 0.25) is 0 Å². The number of nitrogens with two attached hydrogens (primary N) is 2. The fourth-order valence-electron chi connectivity index (χ4n) is 2.12. The second-order valence-electron chi connectivity index (χ2n) is 4.94. The molecule has 0 aliphatic heterocycles. The Morgan fingerprint density at radius 2 is 1.61 bits per heavy atom. The predicted octanol–water partition coefficient (Wildman–Crippen LogP) is 2.37. The summed E-state index contributed by atoms with van der Waals surface area (Å²) in [4.78, 5) is 0. The van der Waals surface area contributed by atoms with Gasteiger partial charge in [0, 0.05) is 19.3 Å². The molecule has 4 nitrogen and oxygen atoms in total. The first-order valence-electron chi connectivity index (χ1n) is 7.31. The van der Waals surface area contributed by atoms with Crippen LogP contribution in [0.25, 0.3) is 0 Å². The second kappa shape index (κ2) is 10.9. The Labute approximate surface area is 114 Å². The molecule has 0 radical (unpaired) electrons. The van der Waals surface area contributed by atoms with Crippen molar-refractivity contribution in [1.29, 1.82) is 0 Å². The Bertz CT molecular complexity index is 188. The molecule has 0 aromatic heterocycles. The highest BCUT2D eigenvalue weighted by atomic mass is 28.4. The van der Waals surface area contributed by atoms with Gasteiger partial charge in [-0.25, -0.2) is 0 Å². The molecule has 0 saturated carbocycles. The van der Waals surface area contributed by atoms with Crippen molar-refractivity contribution < 1.29 is 8.85 Å². The van der Waals surface area contributed by atoms with Gasteiger partial charge >= 0.3 is 8.56 Å². The van der Waals surface area contributed by atoms with Crippen LogP contribution in [0.2, 0.25) is 12.6 Å². The minimum Gasteiger partial charge on any atom is -0.395 e. The highest BCUT2D eigenvalue weighted by Gasteiger charge is 2.30. The Balaban J connectivity index is 3.81. The van der Waals surface area contributed by atoms with Gasteiger partial charge in [0.25, 0.3) is 0 Å². The molecular weight excluding hydrogens is 244 g/mol. The van der Waals surface area contributed by atoms with Crippen LogP contribution in [0.1, 0.15) is 46.0 Å². The summed E-state index contributed by atoms with van der Waals surface area (Å²) in [5, 5.41) is 0. The molecule has 0 heterocycles. The zero-order valence-electron chi connectivity index (χ0n) is 12.4. The largest absolute Gasteiger partial charge is 0.395 e. The van der Waals surface area contributed by atoms with Gasteiger partial charge in [0.15, 0.2) is 0 Å². The van der Waals surface area contributed by atoms with Crippen LogP contribution in [0, 0.1) is 0 Å². The lowest BCUT2D eigenvalue weighted by atomic mass is 10.1. The summed E-state index contributed by atoms with van der Waals surface area (Å²) < 4.78 is 11.6. The fourth-order valence-corrected chi connectivity index (χ4v) is 4.60. The third-order valence-corrected chi connectivity index (χ3v) is 6.14. The number of hydrogen-bond acceptors (Lipinski definition) is 4.